The molecule has 0 amide bonds. The lowest BCUT2D eigenvalue weighted by molar-refractivity contribution is 0.169. The molecule has 0 aromatic rings. The molecule has 1 heterocycles. The van der Waals surface area contributed by atoms with Gasteiger partial charge in [0, 0.05) is 6.54 Å². The van der Waals surface area contributed by atoms with E-state index in [-0.39, 0.29) is 0 Å². The van der Waals surface area contributed by atoms with Crippen LogP contribution in [0.2, 0.25) is 0 Å². The first kappa shape index (κ1) is 4.30. The summed E-state index contributed by atoms with van der Waals surface area (Å²) >= 11 is 0. The van der Waals surface area contributed by atoms with E-state index in [2.05, 4.69) is 4.98 Å². The number of hydrogen-bond donors (Lipinski definition) is 1. The number of ether oxygens (including phenoxy) is 1. The molecule has 0 aliphatic carbocycles. The topological polar surface area (TPSA) is 21.3 Å². The van der Waals surface area contributed by atoms with Gasteiger partial charge in [-0.1, -0.05) is 0 Å². The highest BCUT2D eigenvalue weighted by Crippen LogP contribution is 1.74. The standard InChI is InChI=1S/C3H7NOSi/c1-2-5-3-6-4-1/h4H,1-3H2. The molecule has 0 atom stereocenters. The quantitative estimate of drug-likeness (QED) is 0.403. The average Bonchev–Trinajstić information content (AvgIpc) is 1.72. The molecule has 2 nitrogen and oxygen atoms in total. The first-order valence-corrected chi connectivity index (χ1v) is 3.24. The predicted molar refractivity (Wildman–Crippen MR) is 24.6 cm³/mol. The number of nitrogens with one attached hydrogen (secondary N) is 1. The lowest BCUT2D eigenvalue weighted by atomic mass is 10.7. The van der Waals surface area contributed by atoms with Crippen LogP contribution < -0.4 is 4.98 Å². The fourth-order valence-electron chi connectivity index (χ4n) is 0.386. The summed E-state index contributed by atoms with van der Waals surface area (Å²) < 4.78 is 5.02. The van der Waals surface area contributed by atoms with E-state index in [1.54, 1.807) is 0 Å². The normalized spacial score (nSPS) is 24.0. The van der Waals surface area contributed by atoms with Crippen molar-refractivity contribution in [1.29, 1.82) is 0 Å². The zero-order valence-electron chi connectivity index (χ0n) is 3.53. The largest absolute Gasteiger partial charge is 0.382 e. The van der Waals surface area contributed by atoms with Crippen molar-refractivity contribution in [1.82, 2.24) is 4.98 Å². The zero-order chi connectivity index (χ0) is 4.24. The first-order valence-electron chi connectivity index (χ1n) is 2.03. The molecule has 2 radical (unpaired) electrons. The van der Waals surface area contributed by atoms with Gasteiger partial charge in [0.05, 0.1) is 12.8 Å². The second-order valence-electron chi connectivity index (χ2n) is 1.16. The van der Waals surface area contributed by atoms with Gasteiger partial charge in [0.2, 0.25) is 0 Å². The van der Waals surface area contributed by atoms with Crippen molar-refractivity contribution < 1.29 is 4.74 Å². The van der Waals surface area contributed by atoms with Crippen molar-refractivity contribution in [3.8, 4) is 0 Å². The van der Waals surface area contributed by atoms with Crippen molar-refractivity contribution in [3.05, 3.63) is 0 Å². The van der Waals surface area contributed by atoms with Crippen molar-refractivity contribution >= 4 is 9.68 Å². The van der Waals surface area contributed by atoms with Crippen LogP contribution in [-0.2, 0) is 4.74 Å². The molecule has 0 spiro atoms. The monoisotopic (exact) mass is 101 g/mol. The maximum atomic E-state index is 5.02. The van der Waals surface area contributed by atoms with Crippen LogP contribution in [0.25, 0.3) is 0 Å². The lowest BCUT2D eigenvalue weighted by Gasteiger charge is -2.09. The molecular formula is C3H7NOSi. The highest BCUT2D eigenvalue weighted by molar-refractivity contribution is 6.32. The molecule has 0 aromatic heterocycles. The smallest absolute Gasteiger partial charge is 0.170 e. The van der Waals surface area contributed by atoms with Crippen LogP contribution in [0.5, 0.6) is 0 Å². The van der Waals surface area contributed by atoms with Gasteiger partial charge >= 0.3 is 0 Å². The molecule has 1 saturated heterocycles. The Balaban J connectivity index is 2.00. The Morgan fingerprint density at radius 1 is 1.67 bits per heavy atom. The van der Waals surface area contributed by atoms with Crippen molar-refractivity contribution in [3.63, 3.8) is 0 Å². The molecule has 1 aliphatic heterocycles. The highest BCUT2D eigenvalue weighted by atomic mass is 28.2. The van der Waals surface area contributed by atoms with E-state index in [0.29, 0.717) is 0 Å². The van der Waals surface area contributed by atoms with Crippen LogP contribution in [0.15, 0.2) is 0 Å². The molecule has 1 fully saturated rings. The summed E-state index contributed by atoms with van der Waals surface area (Å²) in [6, 6.07) is 0. The fraction of sp³-hybridized carbons (Fsp3) is 1.00. The molecule has 0 saturated carbocycles. The summed E-state index contributed by atoms with van der Waals surface area (Å²) in [5.41, 5.74) is 0. The SMILES string of the molecule is C1COC[Si]N1. The second kappa shape index (κ2) is 2.33. The third-order valence-electron chi connectivity index (χ3n) is 0.671. The van der Waals surface area contributed by atoms with Gasteiger partial charge in [-0.15, -0.1) is 0 Å². The molecule has 0 unspecified atom stereocenters. The Hall–Kier alpha value is 0.137. The van der Waals surface area contributed by atoms with Gasteiger partial charge < -0.3 is 9.72 Å². The van der Waals surface area contributed by atoms with E-state index in [4.69, 9.17) is 4.74 Å². The molecule has 6 heavy (non-hydrogen) atoms. The summed E-state index contributed by atoms with van der Waals surface area (Å²) in [5.74, 6) is 0. The van der Waals surface area contributed by atoms with E-state index in [0.717, 1.165) is 29.1 Å². The van der Waals surface area contributed by atoms with Crippen LogP contribution in [0.1, 0.15) is 0 Å². The Bertz CT molecular complexity index is 26.3. The zero-order valence-corrected chi connectivity index (χ0v) is 4.53. The minimum absolute atomic E-state index is 0.829. The minimum Gasteiger partial charge on any atom is -0.382 e. The van der Waals surface area contributed by atoms with Gasteiger partial charge in [0.15, 0.2) is 9.68 Å². The first-order chi connectivity index (χ1) is 3.00. The van der Waals surface area contributed by atoms with Gasteiger partial charge in [-0.2, -0.15) is 0 Å². The molecule has 1 aliphatic rings. The van der Waals surface area contributed by atoms with E-state index in [1.165, 1.54) is 0 Å². The molecule has 3 heteroatoms. The Kier molecular flexibility index (Phi) is 1.67. The van der Waals surface area contributed by atoms with Crippen molar-refractivity contribution in [2.45, 2.75) is 0 Å². The summed E-state index contributed by atoms with van der Waals surface area (Å²) in [6.07, 6.45) is 0.917. The number of hydrogen-bond acceptors (Lipinski definition) is 2. The van der Waals surface area contributed by atoms with Gasteiger partial charge in [0.1, 0.15) is 0 Å². The van der Waals surface area contributed by atoms with E-state index in [9.17, 15) is 0 Å². The molecule has 1 rings (SSSR count). The van der Waals surface area contributed by atoms with Crippen LogP contribution >= 0.6 is 0 Å². The van der Waals surface area contributed by atoms with Crippen LogP contribution in [0.3, 0.4) is 0 Å². The summed E-state index contributed by atoms with van der Waals surface area (Å²) in [7, 11) is 0.829. The van der Waals surface area contributed by atoms with Crippen LogP contribution in [-0.4, -0.2) is 29.1 Å². The van der Waals surface area contributed by atoms with Gasteiger partial charge in [-0.05, 0) is 0 Å². The Morgan fingerprint density at radius 2 is 2.67 bits per heavy atom. The summed E-state index contributed by atoms with van der Waals surface area (Å²) in [6.45, 7) is 1.94. The van der Waals surface area contributed by atoms with Gasteiger partial charge in [-0.25, -0.2) is 0 Å². The van der Waals surface area contributed by atoms with E-state index < -0.39 is 0 Å². The van der Waals surface area contributed by atoms with Crippen molar-refractivity contribution in [2.24, 2.45) is 0 Å². The molecule has 34 valence electrons. The predicted octanol–water partition coefficient (Wildman–Crippen LogP) is -0.817. The van der Waals surface area contributed by atoms with Gasteiger partial charge in [0.25, 0.3) is 0 Å². The molecular weight excluding hydrogens is 94.1 g/mol. The third-order valence-corrected chi connectivity index (χ3v) is 1.52. The maximum Gasteiger partial charge on any atom is 0.170 e. The Labute approximate surface area is 39.8 Å². The molecule has 0 aromatic carbocycles. The van der Waals surface area contributed by atoms with E-state index >= 15 is 0 Å². The molecule has 1 N–H and O–H groups in total. The minimum atomic E-state index is 0.829. The Morgan fingerprint density at radius 3 is 2.83 bits per heavy atom. The van der Waals surface area contributed by atoms with E-state index in [1.807, 2.05) is 0 Å². The average molecular weight is 101 g/mol. The van der Waals surface area contributed by atoms with Crippen molar-refractivity contribution in [2.75, 3.05) is 19.4 Å². The number of rotatable bonds is 0. The molecule has 0 bridgehead atoms. The fourth-order valence-corrected chi connectivity index (χ4v) is 1.01. The summed E-state index contributed by atoms with van der Waals surface area (Å²) in [4.78, 5) is 3.19. The highest BCUT2D eigenvalue weighted by Gasteiger charge is 1.95. The lowest BCUT2D eigenvalue weighted by Crippen LogP contribution is -2.33. The van der Waals surface area contributed by atoms with Crippen LogP contribution in [0, 0.1) is 0 Å². The van der Waals surface area contributed by atoms with Crippen LogP contribution in [0.4, 0.5) is 0 Å². The third kappa shape index (κ3) is 1.08. The van der Waals surface area contributed by atoms with Gasteiger partial charge in [-0.3, -0.25) is 0 Å². The summed E-state index contributed by atoms with van der Waals surface area (Å²) in [5, 5.41) is 0. The second-order valence-corrected chi connectivity index (χ2v) is 2.15. The maximum absolute atomic E-state index is 5.02.